The van der Waals surface area contributed by atoms with Crippen LogP contribution in [0.25, 0.3) is 0 Å². The van der Waals surface area contributed by atoms with Crippen molar-refractivity contribution in [2.45, 2.75) is 44.9 Å². The number of aryl methyl sites for hydroxylation is 1. The zero-order chi connectivity index (χ0) is 21.6. The Bertz CT molecular complexity index is 842. The normalized spacial score (nSPS) is 15.8. The van der Waals surface area contributed by atoms with E-state index in [0.29, 0.717) is 25.4 Å². The van der Waals surface area contributed by atoms with E-state index < -0.39 is 12.8 Å². The number of alkyl halides is 3. The molecule has 2 aromatic carbocycles. The molecule has 1 aliphatic heterocycles. The molecule has 0 saturated carbocycles. The molecule has 0 bridgehead atoms. The molecular weight excluding hydrogens is 421 g/mol. The summed E-state index contributed by atoms with van der Waals surface area (Å²) in [5.74, 6) is 2.05. The molecule has 0 radical (unpaired) electrons. The van der Waals surface area contributed by atoms with Crippen LogP contribution in [0.15, 0.2) is 36.4 Å². The number of ether oxygens (including phenoxy) is 4. The Balaban J connectivity index is 1.41. The van der Waals surface area contributed by atoms with Crippen molar-refractivity contribution in [2.24, 2.45) is 0 Å². The molecule has 1 unspecified atom stereocenters. The highest BCUT2D eigenvalue weighted by Gasteiger charge is 2.28. The molecular formula is C22H24ClF3O4. The second-order valence-corrected chi connectivity index (χ2v) is 7.41. The first kappa shape index (κ1) is 22.4. The van der Waals surface area contributed by atoms with Crippen LogP contribution in [0.3, 0.4) is 0 Å². The van der Waals surface area contributed by atoms with E-state index in [4.69, 9.17) is 25.8 Å². The first-order chi connectivity index (χ1) is 14.3. The summed E-state index contributed by atoms with van der Waals surface area (Å²) in [6, 6.07) is 10.1. The molecule has 0 saturated heterocycles. The summed E-state index contributed by atoms with van der Waals surface area (Å²) in [7, 11) is 0. The maximum absolute atomic E-state index is 12.2. The first-order valence-corrected chi connectivity index (χ1v) is 10.3. The highest BCUT2D eigenvalue weighted by atomic mass is 35.5. The minimum atomic E-state index is -4.40. The zero-order valence-electron chi connectivity index (χ0n) is 16.6. The molecule has 0 aliphatic carbocycles. The largest absolute Gasteiger partial charge is 0.493 e. The molecule has 164 valence electrons. The number of hydrogen-bond acceptors (Lipinski definition) is 4. The van der Waals surface area contributed by atoms with Crippen molar-refractivity contribution in [1.29, 1.82) is 0 Å². The molecule has 4 nitrogen and oxygen atoms in total. The minimum absolute atomic E-state index is 0.0351. The van der Waals surface area contributed by atoms with Crippen molar-refractivity contribution in [3.05, 3.63) is 47.0 Å². The smallest absolute Gasteiger partial charge is 0.422 e. The molecule has 0 N–H and O–H groups in total. The fourth-order valence-corrected chi connectivity index (χ4v) is 3.29. The Labute approximate surface area is 178 Å². The van der Waals surface area contributed by atoms with Crippen LogP contribution in [-0.2, 0) is 6.42 Å². The van der Waals surface area contributed by atoms with Gasteiger partial charge in [-0.25, -0.2) is 0 Å². The number of hydrogen-bond donors (Lipinski definition) is 0. The monoisotopic (exact) mass is 444 g/mol. The minimum Gasteiger partial charge on any atom is -0.493 e. The van der Waals surface area contributed by atoms with Crippen molar-refractivity contribution in [2.75, 3.05) is 19.8 Å². The third kappa shape index (κ3) is 6.62. The van der Waals surface area contributed by atoms with Gasteiger partial charge in [0.2, 0.25) is 0 Å². The lowest BCUT2D eigenvalue weighted by molar-refractivity contribution is -0.153. The average Bonchev–Trinajstić information content (AvgIpc) is 2.72. The molecule has 30 heavy (non-hydrogen) atoms. The van der Waals surface area contributed by atoms with Crippen molar-refractivity contribution < 1.29 is 32.1 Å². The maximum atomic E-state index is 12.2. The van der Waals surface area contributed by atoms with Crippen LogP contribution in [0, 0.1) is 0 Å². The third-order valence-electron chi connectivity index (χ3n) is 4.64. The summed E-state index contributed by atoms with van der Waals surface area (Å²) in [4.78, 5) is 0. The lowest BCUT2D eigenvalue weighted by Crippen LogP contribution is -2.21. The van der Waals surface area contributed by atoms with Crippen LogP contribution < -0.4 is 18.9 Å². The molecule has 1 aliphatic rings. The number of halogens is 4. The van der Waals surface area contributed by atoms with Gasteiger partial charge >= 0.3 is 6.18 Å². The van der Waals surface area contributed by atoms with Crippen LogP contribution in [0.2, 0.25) is 5.02 Å². The highest BCUT2D eigenvalue weighted by molar-refractivity contribution is 6.32. The molecule has 1 heterocycles. The lowest BCUT2D eigenvalue weighted by Gasteiger charge is -2.25. The van der Waals surface area contributed by atoms with Gasteiger partial charge in [0.05, 0.1) is 24.3 Å². The molecule has 8 heteroatoms. The summed E-state index contributed by atoms with van der Waals surface area (Å²) >= 11 is 6.05. The van der Waals surface area contributed by atoms with Crippen LogP contribution in [0.5, 0.6) is 23.0 Å². The van der Waals surface area contributed by atoms with E-state index in [1.807, 2.05) is 18.2 Å². The van der Waals surface area contributed by atoms with Crippen LogP contribution in [-0.4, -0.2) is 32.1 Å². The van der Waals surface area contributed by atoms with Crippen molar-refractivity contribution >= 4 is 11.6 Å². The Morgan fingerprint density at radius 2 is 1.77 bits per heavy atom. The van der Waals surface area contributed by atoms with E-state index in [2.05, 4.69) is 11.7 Å². The lowest BCUT2D eigenvalue weighted by atomic mass is 10.0. The summed E-state index contributed by atoms with van der Waals surface area (Å²) in [5.41, 5.74) is 1.20. The first-order valence-electron chi connectivity index (χ1n) is 9.88. The van der Waals surface area contributed by atoms with Crippen molar-refractivity contribution in [3.63, 3.8) is 0 Å². The van der Waals surface area contributed by atoms with Crippen molar-refractivity contribution in [1.82, 2.24) is 0 Å². The molecule has 3 rings (SSSR count). The number of rotatable bonds is 9. The Kier molecular flexibility index (Phi) is 7.58. The standard InChI is InChI=1S/C22H24ClF3O4/c1-2-16-6-4-15-5-7-18(13-21(15)30-16)27-10-3-11-28-20-9-8-17(12-19(20)23)29-14-22(24,25)26/h5,7-9,12-13,16H,2-4,6,10-11,14H2,1H3. The predicted molar refractivity (Wildman–Crippen MR) is 108 cm³/mol. The van der Waals surface area contributed by atoms with Gasteiger partial charge in [-0.05, 0) is 43.0 Å². The van der Waals surface area contributed by atoms with Gasteiger partial charge in [-0.3, -0.25) is 0 Å². The number of benzene rings is 2. The van der Waals surface area contributed by atoms with E-state index in [1.54, 1.807) is 0 Å². The van der Waals surface area contributed by atoms with Gasteiger partial charge in [0.1, 0.15) is 23.0 Å². The van der Waals surface area contributed by atoms with Crippen LogP contribution in [0.4, 0.5) is 13.2 Å². The van der Waals surface area contributed by atoms with Gasteiger partial charge in [-0.2, -0.15) is 13.2 Å². The van der Waals surface area contributed by atoms with E-state index in [0.717, 1.165) is 30.8 Å². The Hall–Kier alpha value is -2.28. The summed E-state index contributed by atoms with van der Waals surface area (Å²) < 4.78 is 58.6. The molecule has 1 atom stereocenters. The second kappa shape index (κ2) is 10.2. The second-order valence-electron chi connectivity index (χ2n) is 7.00. The molecule has 0 aromatic heterocycles. The van der Waals surface area contributed by atoms with Crippen LogP contribution in [0.1, 0.15) is 31.7 Å². The van der Waals surface area contributed by atoms with E-state index >= 15 is 0 Å². The van der Waals surface area contributed by atoms with E-state index in [-0.39, 0.29) is 16.9 Å². The van der Waals surface area contributed by atoms with Gasteiger partial charge in [0, 0.05) is 18.6 Å². The highest BCUT2D eigenvalue weighted by Crippen LogP contribution is 2.32. The fraction of sp³-hybridized carbons (Fsp3) is 0.455. The Morgan fingerprint density at radius 3 is 2.50 bits per heavy atom. The van der Waals surface area contributed by atoms with Gasteiger partial charge < -0.3 is 18.9 Å². The van der Waals surface area contributed by atoms with E-state index in [9.17, 15) is 13.2 Å². The molecule has 2 aromatic rings. The van der Waals surface area contributed by atoms with Gasteiger partial charge in [-0.1, -0.05) is 24.6 Å². The summed E-state index contributed by atoms with van der Waals surface area (Å²) in [6.45, 7) is 1.54. The average molecular weight is 445 g/mol. The third-order valence-corrected chi connectivity index (χ3v) is 4.94. The molecule has 0 fully saturated rings. The van der Waals surface area contributed by atoms with E-state index in [1.165, 1.54) is 23.8 Å². The Morgan fingerprint density at radius 1 is 1.03 bits per heavy atom. The molecule has 0 spiro atoms. The predicted octanol–water partition coefficient (Wildman–Crippen LogP) is 6.23. The summed E-state index contributed by atoms with van der Waals surface area (Å²) in [5, 5.41) is 0.188. The maximum Gasteiger partial charge on any atom is 0.422 e. The topological polar surface area (TPSA) is 36.9 Å². The quantitative estimate of drug-likeness (QED) is 0.429. The fourth-order valence-electron chi connectivity index (χ4n) is 3.07. The van der Waals surface area contributed by atoms with Gasteiger partial charge in [0.15, 0.2) is 6.61 Å². The van der Waals surface area contributed by atoms with Crippen molar-refractivity contribution in [3.8, 4) is 23.0 Å². The zero-order valence-corrected chi connectivity index (χ0v) is 17.4. The van der Waals surface area contributed by atoms with Gasteiger partial charge in [-0.15, -0.1) is 0 Å². The summed E-state index contributed by atoms with van der Waals surface area (Å²) in [6.07, 6.45) is -0.486. The van der Waals surface area contributed by atoms with Gasteiger partial charge in [0.25, 0.3) is 0 Å². The SMILES string of the molecule is CCC1CCc2ccc(OCCCOc3ccc(OCC(F)(F)F)cc3Cl)cc2O1. The van der Waals surface area contributed by atoms with Crippen LogP contribution >= 0.6 is 11.6 Å². The molecule has 0 amide bonds. The number of fused-ring (bicyclic) bond motifs is 1.